The minimum atomic E-state index is -0.825. The summed E-state index contributed by atoms with van der Waals surface area (Å²) < 4.78 is 5.84. The van der Waals surface area contributed by atoms with Crippen LogP contribution < -0.4 is 5.32 Å². The third-order valence-electron chi connectivity index (χ3n) is 12.1. The van der Waals surface area contributed by atoms with Gasteiger partial charge in [0.1, 0.15) is 6.10 Å². The van der Waals surface area contributed by atoms with E-state index in [1.54, 1.807) is 6.08 Å². The molecular weight excluding hydrogens is 827 g/mol. The van der Waals surface area contributed by atoms with Gasteiger partial charge in [0.05, 0.1) is 25.2 Å². The first-order valence-electron chi connectivity index (χ1n) is 28.0. The lowest BCUT2D eigenvalue weighted by atomic mass is 10.0. The van der Waals surface area contributed by atoms with Crippen molar-refractivity contribution in [3.05, 3.63) is 97.2 Å². The molecule has 67 heavy (non-hydrogen) atoms. The Kier molecular flexibility index (Phi) is 51.1. The third kappa shape index (κ3) is 49.0. The van der Waals surface area contributed by atoms with E-state index in [2.05, 4.69) is 111 Å². The number of carbonyl (C=O) groups excluding carboxylic acids is 2. The topological polar surface area (TPSA) is 95.9 Å². The molecular formula is C61H105NO5. The lowest BCUT2D eigenvalue weighted by molar-refractivity contribution is -0.148. The molecule has 0 aliphatic rings. The molecule has 0 fully saturated rings. The number of hydrogen-bond acceptors (Lipinski definition) is 5. The van der Waals surface area contributed by atoms with Gasteiger partial charge >= 0.3 is 5.97 Å². The Morgan fingerprint density at radius 2 is 0.836 bits per heavy atom. The molecule has 0 aromatic carbocycles. The van der Waals surface area contributed by atoms with Gasteiger partial charge < -0.3 is 20.3 Å². The van der Waals surface area contributed by atoms with Crippen LogP contribution in [0.2, 0.25) is 0 Å². The van der Waals surface area contributed by atoms with Gasteiger partial charge in [0, 0.05) is 6.42 Å². The zero-order valence-corrected chi connectivity index (χ0v) is 43.8. The second-order valence-corrected chi connectivity index (χ2v) is 18.6. The fourth-order valence-electron chi connectivity index (χ4n) is 7.93. The number of rotatable bonds is 49. The molecule has 0 aliphatic heterocycles. The number of esters is 1. The number of unbranched alkanes of at least 4 members (excludes halogenated alkanes) is 23. The van der Waals surface area contributed by atoms with Gasteiger partial charge in [-0.25, -0.2) is 0 Å². The van der Waals surface area contributed by atoms with Crippen molar-refractivity contribution in [1.29, 1.82) is 0 Å². The molecule has 3 N–H and O–H groups in total. The number of carbonyl (C=O) groups is 2. The molecule has 0 aromatic heterocycles. The first kappa shape index (κ1) is 63.8. The van der Waals surface area contributed by atoms with Crippen LogP contribution in [0.5, 0.6) is 0 Å². The fraction of sp³-hybridized carbons (Fsp3) is 0.705. The van der Waals surface area contributed by atoms with E-state index in [-0.39, 0.29) is 24.9 Å². The maximum Gasteiger partial charge on any atom is 0.306 e. The van der Waals surface area contributed by atoms with Crippen LogP contribution in [0.3, 0.4) is 0 Å². The molecule has 0 spiro atoms. The minimum absolute atomic E-state index is 0.0530. The van der Waals surface area contributed by atoms with Crippen molar-refractivity contribution < 1.29 is 24.5 Å². The summed E-state index contributed by atoms with van der Waals surface area (Å²) in [6.07, 6.45) is 72.1. The van der Waals surface area contributed by atoms with Crippen molar-refractivity contribution in [3.63, 3.8) is 0 Å². The van der Waals surface area contributed by atoms with Crippen LogP contribution in [0.25, 0.3) is 0 Å². The Labute approximate surface area is 414 Å². The first-order chi connectivity index (χ1) is 33.0. The number of allylic oxidation sites excluding steroid dienone is 15. The van der Waals surface area contributed by atoms with E-state index in [0.717, 1.165) is 77.0 Å². The average molecular weight is 933 g/mol. The summed E-state index contributed by atoms with van der Waals surface area (Å²) in [5.41, 5.74) is 0. The summed E-state index contributed by atoms with van der Waals surface area (Å²) in [6, 6.07) is -0.749. The van der Waals surface area contributed by atoms with E-state index in [1.807, 2.05) is 6.08 Å². The van der Waals surface area contributed by atoms with Crippen molar-refractivity contribution in [1.82, 2.24) is 5.32 Å². The SMILES string of the molecule is CC/C=C\C/C=C\C/C=C\C/C=C\C/C=C\C/C=C\C(CC(=O)NC(CO)C(O)CCCCCCCCCCCCCC)OC(=O)CCCCCCCCCCC/C=C\C/C=C\CCCCC. The van der Waals surface area contributed by atoms with Crippen molar-refractivity contribution in [2.45, 2.75) is 270 Å². The van der Waals surface area contributed by atoms with Crippen LogP contribution >= 0.6 is 0 Å². The number of aliphatic hydroxyl groups is 2. The van der Waals surface area contributed by atoms with E-state index < -0.39 is 18.2 Å². The Morgan fingerprint density at radius 1 is 0.463 bits per heavy atom. The highest BCUT2D eigenvalue weighted by Crippen LogP contribution is 2.16. The first-order valence-corrected chi connectivity index (χ1v) is 28.0. The maximum absolute atomic E-state index is 13.2. The van der Waals surface area contributed by atoms with Crippen LogP contribution in [0.4, 0.5) is 0 Å². The molecule has 0 radical (unpaired) electrons. The van der Waals surface area contributed by atoms with Crippen LogP contribution in [0.1, 0.15) is 252 Å². The predicted molar refractivity (Wildman–Crippen MR) is 291 cm³/mol. The number of amides is 1. The number of nitrogens with one attached hydrogen (secondary N) is 1. The zero-order chi connectivity index (χ0) is 48.8. The van der Waals surface area contributed by atoms with Gasteiger partial charge in [-0.1, -0.05) is 247 Å². The summed E-state index contributed by atoms with van der Waals surface area (Å²) in [7, 11) is 0. The Hall–Kier alpha value is -3.22. The predicted octanol–water partition coefficient (Wildman–Crippen LogP) is 17.3. The van der Waals surface area contributed by atoms with Crippen molar-refractivity contribution in [2.75, 3.05) is 6.61 Å². The second kappa shape index (κ2) is 53.7. The monoisotopic (exact) mass is 932 g/mol. The zero-order valence-electron chi connectivity index (χ0n) is 43.8. The van der Waals surface area contributed by atoms with Crippen LogP contribution in [0.15, 0.2) is 97.2 Å². The summed E-state index contributed by atoms with van der Waals surface area (Å²) in [4.78, 5) is 26.2. The van der Waals surface area contributed by atoms with E-state index in [4.69, 9.17) is 4.74 Å². The Balaban J connectivity index is 4.73. The molecule has 1 amide bonds. The summed E-state index contributed by atoms with van der Waals surface area (Å²) in [6.45, 7) is 6.31. The van der Waals surface area contributed by atoms with E-state index in [9.17, 15) is 19.8 Å². The lowest BCUT2D eigenvalue weighted by Gasteiger charge is -2.23. The molecule has 3 unspecified atom stereocenters. The lowest BCUT2D eigenvalue weighted by Crippen LogP contribution is -2.46. The smallest absolute Gasteiger partial charge is 0.306 e. The van der Waals surface area contributed by atoms with Gasteiger partial charge in [-0.15, -0.1) is 0 Å². The van der Waals surface area contributed by atoms with Gasteiger partial charge in [-0.3, -0.25) is 9.59 Å². The Bertz CT molecular complexity index is 1320. The fourth-order valence-corrected chi connectivity index (χ4v) is 7.93. The minimum Gasteiger partial charge on any atom is -0.458 e. The molecule has 6 nitrogen and oxygen atoms in total. The van der Waals surface area contributed by atoms with Crippen LogP contribution in [-0.4, -0.2) is 46.9 Å². The Morgan fingerprint density at radius 3 is 1.30 bits per heavy atom. The summed E-state index contributed by atoms with van der Waals surface area (Å²) in [5.74, 6) is -0.636. The molecule has 0 aliphatic carbocycles. The quantitative estimate of drug-likeness (QED) is 0.0321. The van der Waals surface area contributed by atoms with E-state index >= 15 is 0 Å². The van der Waals surface area contributed by atoms with Crippen molar-refractivity contribution >= 4 is 11.9 Å². The van der Waals surface area contributed by atoms with E-state index in [0.29, 0.717) is 19.3 Å². The second-order valence-electron chi connectivity index (χ2n) is 18.6. The number of ether oxygens (including phenoxy) is 1. The van der Waals surface area contributed by atoms with Gasteiger partial charge in [0.15, 0.2) is 0 Å². The normalized spacial score (nSPS) is 13.9. The van der Waals surface area contributed by atoms with E-state index in [1.165, 1.54) is 128 Å². The average Bonchev–Trinajstić information content (AvgIpc) is 3.32. The molecule has 0 heterocycles. The van der Waals surface area contributed by atoms with Gasteiger partial charge in [-0.2, -0.15) is 0 Å². The van der Waals surface area contributed by atoms with Gasteiger partial charge in [0.2, 0.25) is 5.91 Å². The molecule has 6 heteroatoms. The molecule has 0 rings (SSSR count). The highest BCUT2D eigenvalue weighted by Gasteiger charge is 2.23. The number of aliphatic hydroxyl groups excluding tert-OH is 2. The van der Waals surface area contributed by atoms with Crippen molar-refractivity contribution in [3.8, 4) is 0 Å². The molecule has 0 saturated carbocycles. The van der Waals surface area contributed by atoms with Crippen molar-refractivity contribution in [2.24, 2.45) is 0 Å². The molecule has 0 saturated heterocycles. The third-order valence-corrected chi connectivity index (χ3v) is 12.1. The highest BCUT2D eigenvalue weighted by atomic mass is 16.5. The largest absolute Gasteiger partial charge is 0.458 e. The molecule has 0 aromatic rings. The van der Waals surface area contributed by atoms with Crippen LogP contribution in [0, 0.1) is 0 Å². The summed E-state index contributed by atoms with van der Waals surface area (Å²) in [5, 5.41) is 23.7. The standard InChI is InChI=1S/C61H105NO5/c1-4-7-10-13-16-19-22-25-27-29-30-32-34-36-39-42-45-48-51-54-61(66)67-57(52-49-46-43-40-37-35-33-31-28-26-23-20-17-14-11-8-5-2)55-60(65)62-58(56-63)59(64)53-50-47-44-41-38-24-21-18-15-12-9-6-3/h8,11,16-17,19-20,25-28,33,35,40,43,49,52,57-59,63-64H,4-7,9-10,12-15,18,21-24,29-32,34,36-39,41-42,44-48,50-51,53-56H2,1-3H3,(H,62,65)/b11-8-,19-16-,20-17-,27-25-,28-26-,35-33-,43-40-,52-49-. The number of hydrogen-bond donors (Lipinski definition) is 3. The van der Waals surface area contributed by atoms with Gasteiger partial charge in [-0.05, 0) is 89.5 Å². The maximum atomic E-state index is 13.2. The highest BCUT2D eigenvalue weighted by molar-refractivity contribution is 5.78. The van der Waals surface area contributed by atoms with Crippen LogP contribution in [-0.2, 0) is 14.3 Å². The molecule has 3 atom stereocenters. The summed E-state index contributed by atoms with van der Waals surface area (Å²) >= 11 is 0. The molecule has 0 bridgehead atoms. The molecule has 384 valence electrons. The van der Waals surface area contributed by atoms with Gasteiger partial charge in [0.25, 0.3) is 0 Å².